The minimum atomic E-state index is -0.246. The maximum Gasteiger partial charge on any atom is 0.157 e. The van der Waals surface area contributed by atoms with Gasteiger partial charge in [-0.2, -0.15) is 0 Å². The number of nitrogens with zero attached hydrogens (tertiary/aromatic N) is 2. The lowest BCUT2D eigenvalue weighted by Gasteiger charge is -2.10. The molecule has 2 aromatic rings. The average molecular weight is 275 g/mol. The second kappa shape index (κ2) is 6.43. The molecule has 2 rings (SSSR count). The van der Waals surface area contributed by atoms with Crippen molar-refractivity contribution in [2.75, 3.05) is 19.0 Å². The molecule has 0 atom stereocenters. The van der Waals surface area contributed by atoms with Crippen LogP contribution < -0.4 is 5.32 Å². The van der Waals surface area contributed by atoms with Crippen LogP contribution in [0.5, 0.6) is 0 Å². The molecular weight excluding hydrogens is 257 g/mol. The van der Waals surface area contributed by atoms with Crippen molar-refractivity contribution in [1.29, 1.82) is 0 Å². The Balaban J connectivity index is 2.48. The minimum absolute atomic E-state index is 0.246. The van der Waals surface area contributed by atoms with E-state index in [0.717, 1.165) is 29.2 Å². The first kappa shape index (κ1) is 14.4. The number of aryl methyl sites for hydroxylation is 1. The maximum atomic E-state index is 13.2. The van der Waals surface area contributed by atoms with E-state index in [9.17, 15) is 4.39 Å². The van der Waals surface area contributed by atoms with E-state index in [-0.39, 0.29) is 5.82 Å². The largest absolute Gasteiger partial charge is 0.377 e. The van der Waals surface area contributed by atoms with Gasteiger partial charge in [-0.15, -0.1) is 0 Å². The van der Waals surface area contributed by atoms with Gasteiger partial charge in [-0.25, -0.2) is 14.4 Å². The summed E-state index contributed by atoms with van der Waals surface area (Å²) >= 11 is 0. The third kappa shape index (κ3) is 3.30. The van der Waals surface area contributed by atoms with Gasteiger partial charge in [-0.05, 0) is 37.6 Å². The molecule has 20 heavy (non-hydrogen) atoms. The van der Waals surface area contributed by atoms with Crippen LogP contribution in [-0.2, 0) is 11.3 Å². The Morgan fingerprint density at radius 3 is 2.70 bits per heavy atom. The number of benzene rings is 1. The van der Waals surface area contributed by atoms with Crippen molar-refractivity contribution in [2.24, 2.45) is 0 Å². The molecule has 1 aromatic carbocycles. The number of hydrogen-bond donors (Lipinski definition) is 1. The van der Waals surface area contributed by atoms with E-state index < -0.39 is 0 Å². The predicted molar refractivity (Wildman–Crippen MR) is 77.0 cm³/mol. The quantitative estimate of drug-likeness (QED) is 0.910. The van der Waals surface area contributed by atoms with Crippen LogP contribution in [0.25, 0.3) is 11.3 Å². The number of nitrogens with one attached hydrogen (secondary N) is 1. The van der Waals surface area contributed by atoms with Gasteiger partial charge in [0.25, 0.3) is 0 Å². The zero-order valence-corrected chi connectivity index (χ0v) is 11.9. The van der Waals surface area contributed by atoms with E-state index in [1.807, 2.05) is 19.9 Å². The van der Waals surface area contributed by atoms with E-state index in [0.29, 0.717) is 12.4 Å². The number of hydrogen-bond acceptors (Lipinski definition) is 4. The fraction of sp³-hybridized carbons (Fsp3) is 0.333. The zero-order chi connectivity index (χ0) is 14.5. The van der Waals surface area contributed by atoms with Crippen molar-refractivity contribution in [1.82, 2.24) is 9.97 Å². The van der Waals surface area contributed by atoms with Gasteiger partial charge in [0.1, 0.15) is 18.2 Å². The number of ether oxygens (including phenoxy) is 1. The summed E-state index contributed by atoms with van der Waals surface area (Å²) in [6.45, 7) is 4.97. The van der Waals surface area contributed by atoms with Crippen molar-refractivity contribution in [3.63, 3.8) is 0 Å². The van der Waals surface area contributed by atoms with E-state index in [2.05, 4.69) is 15.3 Å². The van der Waals surface area contributed by atoms with Crippen LogP contribution in [0.4, 0.5) is 10.2 Å². The van der Waals surface area contributed by atoms with Crippen LogP contribution in [0.2, 0.25) is 0 Å². The maximum absolute atomic E-state index is 13.2. The van der Waals surface area contributed by atoms with Gasteiger partial charge in [0.05, 0.1) is 5.69 Å². The fourth-order valence-electron chi connectivity index (χ4n) is 2.01. The van der Waals surface area contributed by atoms with Gasteiger partial charge < -0.3 is 10.1 Å². The van der Waals surface area contributed by atoms with Gasteiger partial charge in [0, 0.05) is 25.3 Å². The molecule has 106 valence electrons. The molecule has 0 radical (unpaired) electrons. The summed E-state index contributed by atoms with van der Waals surface area (Å²) < 4.78 is 18.3. The Hall–Kier alpha value is -2.01. The lowest BCUT2D eigenvalue weighted by molar-refractivity contribution is 0.178. The smallest absolute Gasteiger partial charge is 0.157 e. The molecule has 0 spiro atoms. The highest BCUT2D eigenvalue weighted by Gasteiger charge is 2.09. The minimum Gasteiger partial charge on any atom is -0.377 e. The van der Waals surface area contributed by atoms with Crippen molar-refractivity contribution in [3.05, 3.63) is 41.5 Å². The van der Waals surface area contributed by atoms with Crippen LogP contribution in [0.1, 0.15) is 18.3 Å². The molecule has 0 amide bonds. The summed E-state index contributed by atoms with van der Waals surface area (Å²) in [6.07, 6.45) is 0. The molecule has 0 bridgehead atoms. The summed E-state index contributed by atoms with van der Waals surface area (Å²) in [5.74, 6) is 1.10. The van der Waals surface area contributed by atoms with Gasteiger partial charge in [-0.3, -0.25) is 0 Å². The lowest BCUT2D eigenvalue weighted by Crippen LogP contribution is -2.05. The number of anilines is 1. The molecule has 0 saturated carbocycles. The lowest BCUT2D eigenvalue weighted by atomic mass is 10.1. The van der Waals surface area contributed by atoms with Crippen LogP contribution in [0.3, 0.4) is 0 Å². The van der Waals surface area contributed by atoms with E-state index in [1.54, 1.807) is 13.2 Å². The van der Waals surface area contributed by atoms with Gasteiger partial charge in [0.2, 0.25) is 0 Å². The standard InChI is InChI=1S/C15H18FN3O/c1-4-17-14-8-13(18-15(19-14)9-20-3)12-6-5-11(16)7-10(12)2/h5-8H,4,9H2,1-3H3,(H,17,18,19). The predicted octanol–water partition coefficient (Wildman–Crippen LogP) is 3.17. The molecule has 0 saturated heterocycles. The van der Waals surface area contributed by atoms with Crippen LogP contribution in [0, 0.1) is 12.7 Å². The molecule has 0 aliphatic rings. The second-order valence-electron chi connectivity index (χ2n) is 4.48. The fourth-order valence-corrected chi connectivity index (χ4v) is 2.01. The highest BCUT2D eigenvalue weighted by atomic mass is 19.1. The molecule has 0 unspecified atom stereocenters. The van der Waals surface area contributed by atoms with Crippen molar-refractivity contribution < 1.29 is 9.13 Å². The first-order valence-electron chi connectivity index (χ1n) is 6.51. The molecule has 1 heterocycles. The first-order valence-corrected chi connectivity index (χ1v) is 6.51. The van der Waals surface area contributed by atoms with E-state index in [1.165, 1.54) is 12.1 Å². The molecule has 5 heteroatoms. The Morgan fingerprint density at radius 1 is 1.25 bits per heavy atom. The summed E-state index contributed by atoms with van der Waals surface area (Å²) in [5.41, 5.74) is 2.50. The molecule has 1 N–H and O–H groups in total. The Labute approximate surface area is 118 Å². The Morgan fingerprint density at radius 2 is 2.05 bits per heavy atom. The van der Waals surface area contributed by atoms with Crippen LogP contribution >= 0.6 is 0 Å². The van der Waals surface area contributed by atoms with Crippen LogP contribution in [-0.4, -0.2) is 23.6 Å². The second-order valence-corrected chi connectivity index (χ2v) is 4.48. The highest BCUT2D eigenvalue weighted by Crippen LogP contribution is 2.24. The van der Waals surface area contributed by atoms with Crippen molar-refractivity contribution >= 4 is 5.82 Å². The first-order chi connectivity index (χ1) is 9.63. The number of rotatable bonds is 5. The van der Waals surface area contributed by atoms with Gasteiger partial charge >= 0.3 is 0 Å². The third-order valence-electron chi connectivity index (χ3n) is 2.87. The molecule has 0 fully saturated rings. The summed E-state index contributed by atoms with van der Waals surface area (Å²) in [6, 6.07) is 6.54. The average Bonchev–Trinajstić information content (AvgIpc) is 2.39. The van der Waals surface area contributed by atoms with Crippen molar-refractivity contribution in [3.8, 4) is 11.3 Å². The molecule has 4 nitrogen and oxygen atoms in total. The summed E-state index contributed by atoms with van der Waals surface area (Å²) in [5, 5.41) is 3.17. The highest BCUT2D eigenvalue weighted by molar-refractivity contribution is 5.66. The van der Waals surface area contributed by atoms with Crippen LogP contribution in [0.15, 0.2) is 24.3 Å². The summed E-state index contributed by atoms with van der Waals surface area (Å²) in [4.78, 5) is 8.83. The molecule has 0 aliphatic carbocycles. The molecule has 1 aromatic heterocycles. The number of aromatic nitrogens is 2. The monoisotopic (exact) mass is 275 g/mol. The van der Waals surface area contributed by atoms with E-state index in [4.69, 9.17) is 4.74 Å². The number of halogens is 1. The Kier molecular flexibility index (Phi) is 4.63. The SMILES string of the molecule is CCNc1cc(-c2ccc(F)cc2C)nc(COC)n1. The van der Waals surface area contributed by atoms with E-state index >= 15 is 0 Å². The van der Waals surface area contributed by atoms with Crippen molar-refractivity contribution in [2.45, 2.75) is 20.5 Å². The Bertz CT molecular complexity index is 577. The number of methoxy groups -OCH3 is 1. The molecular formula is C15H18FN3O. The summed E-state index contributed by atoms with van der Waals surface area (Å²) in [7, 11) is 1.60. The normalized spacial score (nSPS) is 10.6. The van der Waals surface area contributed by atoms with Gasteiger partial charge in [0.15, 0.2) is 5.82 Å². The third-order valence-corrected chi connectivity index (χ3v) is 2.87. The zero-order valence-electron chi connectivity index (χ0n) is 11.9. The topological polar surface area (TPSA) is 47.0 Å². The molecule has 0 aliphatic heterocycles. The van der Waals surface area contributed by atoms with Gasteiger partial charge in [-0.1, -0.05) is 0 Å².